The molecule has 0 bridgehead atoms. The zero-order valence-electron chi connectivity index (χ0n) is 11.2. The Labute approximate surface area is 120 Å². The highest BCUT2D eigenvalue weighted by Crippen LogP contribution is 2.37. The van der Waals surface area contributed by atoms with E-state index in [9.17, 15) is 18.0 Å². The summed E-state index contributed by atoms with van der Waals surface area (Å²) in [6.07, 6.45) is 0. The van der Waals surface area contributed by atoms with Gasteiger partial charge in [-0.05, 0) is 41.9 Å². The molecular weight excluding hydrogens is 289 g/mol. The van der Waals surface area contributed by atoms with Crippen molar-refractivity contribution in [2.45, 2.75) is 30.3 Å². The standard InChI is InChI=1S/C13H17F3N2OS/c1-8(2)7-18-11(12(17)19)9-3-5-10(6-4-9)20-13(14,15)16/h3-6,8,11,18H,7H2,1-2H3,(H2,17,19). The molecule has 0 aliphatic carbocycles. The van der Waals surface area contributed by atoms with Gasteiger partial charge in [0, 0.05) is 4.90 Å². The molecule has 0 aliphatic heterocycles. The highest BCUT2D eigenvalue weighted by molar-refractivity contribution is 8.00. The van der Waals surface area contributed by atoms with Crippen LogP contribution in [0.25, 0.3) is 0 Å². The highest BCUT2D eigenvalue weighted by Gasteiger charge is 2.29. The van der Waals surface area contributed by atoms with Crippen molar-refractivity contribution in [3.05, 3.63) is 29.8 Å². The van der Waals surface area contributed by atoms with Gasteiger partial charge in [-0.1, -0.05) is 26.0 Å². The summed E-state index contributed by atoms with van der Waals surface area (Å²) in [5, 5.41) is 3.00. The maximum Gasteiger partial charge on any atom is 0.446 e. The van der Waals surface area contributed by atoms with E-state index >= 15 is 0 Å². The van der Waals surface area contributed by atoms with Gasteiger partial charge in [0.05, 0.1) is 0 Å². The second-order valence-corrected chi connectivity index (χ2v) is 5.89. The fourth-order valence-electron chi connectivity index (χ4n) is 1.60. The largest absolute Gasteiger partial charge is 0.446 e. The topological polar surface area (TPSA) is 55.1 Å². The maximum atomic E-state index is 12.2. The first kappa shape index (κ1) is 16.8. The molecule has 0 aromatic heterocycles. The van der Waals surface area contributed by atoms with E-state index in [1.165, 1.54) is 24.3 Å². The van der Waals surface area contributed by atoms with Crippen LogP contribution in [-0.2, 0) is 4.79 Å². The minimum atomic E-state index is -4.32. The maximum absolute atomic E-state index is 12.2. The summed E-state index contributed by atoms with van der Waals surface area (Å²) in [5.74, 6) is -0.223. The van der Waals surface area contributed by atoms with Crippen LogP contribution in [0.2, 0.25) is 0 Å². The van der Waals surface area contributed by atoms with Crippen LogP contribution in [0.15, 0.2) is 29.2 Å². The number of thioether (sulfide) groups is 1. The van der Waals surface area contributed by atoms with Crippen molar-refractivity contribution in [3.63, 3.8) is 0 Å². The molecule has 0 saturated carbocycles. The molecular formula is C13H17F3N2OS. The molecule has 1 amide bonds. The van der Waals surface area contributed by atoms with Crippen LogP contribution >= 0.6 is 11.8 Å². The Kier molecular flexibility index (Phi) is 5.88. The first-order chi connectivity index (χ1) is 9.19. The second kappa shape index (κ2) is 6.99. The molecule has 0 aliphatic rings. The first-order valence-corrected chi connectivity index (χ1v) is 6.89. The molecule has 0 fully saturated rings. The Hall–Kier alpha value is -1.21. The molecule has 7 heteroatoms. The highest BCUT2D eigenvalue weighted by atomic mass is 32.2. The van der Waals surface area contributed by atoms with Gasteiger partial charge in [-0.15, -0.1) is 0 Å². The molecule has 1 aromatic carbocycles. The monoisotopic (exact) mass is 306 g/mol. The predicted molar refractivity (Wildman–Crippen MR) is 73.1 cm³/mol. The van der Waals surface area contributed by atoms with Crippen molar-refractivity contribution in [3.8, 4) is 0 Å². The fourth-order valence-corrected chi connectivity index (χ4v) is 2.14. The SMILES string of the molecule is CC(C)CNC(C(N)=O)c1ccc(SC(F)(F)F)cc1. The Balaban J connectivity index is 2.80. The van der Waals surface area contributed by atoms with Gasteiger partial charge < -0.3 is 11.1 Å². The molecule has 3 nitrogen and oxygen atoms in total. The van der Waals surface area contributed by atoms with E-state index < -0.39 is 17.5 Å². The Morgan fingerprint density at radius 2 is 1.85 bits per heavy atom. The number of hydrogen-bond acceptors (Lipinski definition) is 3. The lowest BCUT2D eigenvalue weighted by Crippen LogP contribution is -2.35. The van der Waals surface area contributed by atoms with Crippen molar-refractivity contribution in [1.29, 1.82) is 0 Å². The summed E-state index contributed by atoms with van der Waals surface area (Å²) >= 11 is -0.189. The summed E-state index contributed by atoms with van der Waals surface area (Å²) in [6.45, 7) is 4.55. The van der Waals surface area contributed by atoms with Crippen LogP contribution in [0.1, 0.15) is 25.5 Å². The lowest BCUT2D eigenvalue weighted by atomic mass is 10.1. The summed E-state index contributed by atoms with van der Waals surface area (Å²) in [6, 6.07) is 4.94. The van der Waals surface area contributed by atoms with Gasteiger partial charge in [0.2, 0.25) is 5.91 Å². The summed E-state index contributed by atoms with van der Waals surface area (Å²) in [5.41, 5.74) is 1.55. The number of alkyl halides is 3. The van der Waals surface area contributed by atoms with E-state index in [1.807, 2.05) is 13.8 Å². The van der Waals surface area contributed by atoms with Crippen molar-refractivity contribution >= 4 is 17.7 Å². The van der Waals surface area contributed by atoms with E-state index in [2.05, 4.69) is 5.32 Å². The molecule has 0 radical (unpaired) electrons. The minimum Gasteiger partial charge on any atom is -0.368 e. The van der Waals surface area contributed by atoms with Crippen molar-refractivity contribution in [2.75, 3.05) is 6.54 Å². The molecule has 0 spiro atoms. The van der Waals surface area contributed by atoms with Crippen LogP contribution in [0.3, 0.4) is 0 Å². The number of hydrogen-bond donors (Lipinski definition) is 2. The van der Waals surface area contributed by atoms with Crippen LogP contribution in [0.4, 0.5) is 13.2 Å². The third kappa shape index (κ3) is 5.83. The number of nitrogens with two attached hydrogens (primary N) is 1. The number of primary amides is 1. The average Bonchev–Trinajstić information content (AvgIpc) is 2.28. The quantitative estimate of drug-likeness (QED) is 0.794. The van der Waals surface area contributed by atoms with E-state index in [-0.39, 0.29) is 16.7 Å². The smallest absolute Gasteiger partial charge is 0.368 e. The third-order valence-electron chi connectivity index (χ3n) is 2.46. The van der Waals surface area contributed by atoms with Crippen LogP contribution in [0, 0.1) is 5.92 Å². The van der Waals surface area contributed by atoms with Gasteiger partial charge in [0.1, 0.15) is 6.04 Å². The average molecular weight is 306 g/mol. The molecule has 3 N–H and O–H groups in total. The summed E-state index contributed by atoms with van der Waals surface area (Å²) < 4.78 is 36.6. The van der Waals surface area contributed by atoms with Crippen molar-refractivity contribution in [2.24, 2.45) is 11.7 Å². The van der Waals surface area contributed by atoms with Gasteiger partial charge in [-0.2, -0.15) is 13.2 Å². The number of amides is 1. The number of benzene rings is 1. The van der Waals surface area contributed by atoms with Gasteiger partial charge in [0.25, 0.3) is 0 Å². The second-order valence-electron chi connectivity index (χ2n) is 4.75. The van der Waals surface area contributed by atoms with Crippen LogP contribution in [-0.4, -0.2) is 18.0 Å². The predicted octanol–water partition coefficient (Wildman–Crippen LogP) is 3.07. The number of nitrogens with one attached hydrogen (secondary N) is 1. The Morgan fingerprint density at radius 3 is 2.25 bits per heavy atom. The van der Waals surface area contributed by atoms with Gasteiger partial charge in [-0.3, -0.25) is 4.79 Å². The van der Waals surface area contributed by atoms with E-state index in [0.717, 1.165) is 0 Å². The fraction of sp³-hybridized carbons (Fsp3) is 0.462. The third-order valence-corrected chi connectivity index (χ3v) is 3.20. The molecule has 1 aromatic rings. The first-order valence-electron chi connectivity index (χ1n) is 6.07. The molecule has 0 saturated heterocycles. The normalized spacial score (nSPS) is 13.5. The number of halogens is 3. The molecule has 0 heterocycles. The van der Waals surface area contributed by atoms with Crippen molar-refractivity contribution < 1.29 is 18.0 Å². The zero-order valence-corrected chi connectivity index (χ0v) is 12.0. The van der Waals surface area contributed by atoms with Crippen molar-refractivity contribution in [1.82, 2.24) is 5.32 Å². The van der Waals surface area contributed by atoms with Gasteiger partial charge >= 0.3 is 5.51 Å². The van der Waals surface area contributed by atoms with Gasteiger partial charge in [0.15, 0.2) is 0 Å². The zero-order chi connectivity index (χ0) is 15.3. The van der Waals surface area contributed by atoms with Crippen LogP contribution < -0.4 is 11.1 Å². The van der Waals surface area contributed by atoms with E-state index in [1.54, 1.807) is 0 Å². The van der Waals surface area contributed by atoms with E-state index in [4.69, 9.17) is 5.73 Å². The molecule has 1 atom stereocenters. The molecule has 1 unspecified atom stereocenters. The van der Waals surface area contributed by atoms with Crippen LogP contribution in [0.5, 0.6) is 0 Å². The lowest BCUT2D eigenvalue weighted by Gasteiger charge is -2.17. The molecule has 112 valence electrons. The Morgan fingerprint density at radius 1 is 1.30 bits per heavy atom. The minimum absolute atomic E-state index is 0.0772. The van der Waals surface area contributed by atoms with E-state index in [0.29, 0.717) is 18.0 Å². The Bertz CT molecular complexity index is 446. The molecule has 20 heavy (non-hydrogen) atoms. The lowest BCUT2D eigenvalue weighted by molar-refractivity contribution is -0.120. The number of carbonyl (C=O) groups is 1. The number of carbonyl (C=O) groups excluding carboxylic acids is 1. The number of rotatable bonds is 6. The molecule has 1 rings (SSSR count). The van der Waals surface area contributed by atoms with Gasteiger partial charge in [-0.25, -0.2) is 0 Å². The summed E-state index contributed by atoms with van der Waals surface area (Å²) in [4.78, 5) is 11.5. The summed E-state index contributed by atoms with van der Waals surface area (Å²) in [7, 11) is 0.